The van der Waals surface area contributed by atoms with E-state index in [1.54, 1.807) is 7.05 Å². The number of aromatic amines is 1. The van der Waals surface area contributed by atoms with Crippen molar-refractivity contribution in [1.82, 2.24) is 9.55 Å². The molecule has 0 radical (unpaired) electrons. The lowest BCUT2D eigenvalue weighted by atomic mass is 10.5. The van der Waals surface area contributed by atoms with Crippen molar-refractivity contribution >= 4 is 23.7 Å². The van der Waals surface area contributed by atoms with Crippen LogP contribution in [0.5, 0.6) is 0 Å². The minimum absolute atomic E-state index is 0.00102. The molecule has 11 heavy (non-hydrogen) atoms. The zero-order valence-corrected chi connectivity index (χ0v) is 6.73. The molecule has 6 heteroatoms. The molecule has 0 spiro atoms. The normalized spacial score (nSPS) is 9.91. The zero-order valence-electron chi connectivity index (χ0n) is 5.92. The van der Waals surface area contributed by atoms with Crippen LogP contribution in [0.15, 0.2) is 4.79 Å². The van der Waals surface area contributed by atoms with E-state index in [1.807, 2.05) is 0 Å². The number of nitrogens with zero attached hydrogens (tertiary/aromatic N) is 1. The van der Waals surface area contributed by atoms with Crippen LogP contribution in [0, 0.1) is 4.77 Å². The van der Waals surface area contributed by atoms with Gasteiger partial charge in [0.05, 0.1) is 0 Å². The van der Waals surface area contributed by atoms with E-state index in [4.69, 9.17) is 23.7 Å². The van der Waals surface area contributed by atoms with Gasteiger partial charge in [0.15, 0.2) is 4.77 Å². The van der Waals surface area contributed by atoms with Crippen molar-refractivity contribution in [1.29, 1.82) is 0 Å². The quantitative estimate of drug-likeness (QED) is 0.465. The van der Waals surface area contributed by atoms with Crippen molar-refractivity contribution in [2.45, 2.75) is 0 Å². The summed E-state index contributed by atoms with van der Waals surface area (Å²) in [6.07, 6.45) is 0. The van der Waals surface area contributed by atoms with Crippen molar-refractivity contribution in [2.24, 2.45) is 7.05 Å². The molecule has 0 atom stereocenters. The largest absolute Gasteiger partial charge is 0.391 e. The molecule has 1 aromatic heterocycles. The smallest absolute Gasteiger partial charge is 0.277 e. The highest BCUT2D eigenvalue weighted by Crippen LogP contribution is 2.04. The van der Waals surface area contributed by atoms with Crippen molar-refractivity contribution in [3.63, 3.8) is 0 Å². The van der Waals surface area contributed by atoms with Crippen LogP contribution in [0.1, 0.15) is 0 Å². The Kier molecular flexibility index (Phi) is 1.69. The number of aromatic nitrogens is 2. The van der Waals surface area contributed by atoms with Crippen molar-refractivity contribution < 1.29 is 0 Å². The van der Waals surface area contributed by atoms with Gasteiger partial charge >= 0.3 is 0 Å². The molecule has 0 saturated carbocycles. The zero-order chi connectivity index (χ0) is 8.59. The van der Waals surface area contributed by atoms with E-state index in [0.29, 0.717) is 0 Å². The van der Waals surface area contributed by atoms with Gasteiger partial charge in [0, 0.05) is 7.05 Å². The summed E-state index contributed by atoms with van der Waals surface area (Å²) in [4.78, 5) is 13.2. The lowest BCUT2D eigenvalue weighted by Crippen LogP contribution is -2.19. The summed E-state index contributed by atoms with van der Waals surface area (Å²) >= 11 is 4.76. The molecular weight excluding hydrogens is 164 g/mol. The third-order valence-corrected chi connectivity index (χ3v) is 1.78. The van der Waals surface area contributed by atoms with Crippen LogP contribution < -0.4 is 17.0 Å². The fourth-order valence-corrected chi connectivity index (χ4v) is 0.846. The first kappa shape index (κ1) is 7.80. The molecule has 0 aliphatic heterocycles. The van der Waals surface area contributed by atoms with Crippen molar-refractivity contribution in [3.8, 4) is 0 Å². The van der Waals surface area contributed by atoms with E-state index < -0.39 is 5.56 Å². The van der Waals surface area contributed by atoms with E-state index in [0.717, 1.165) is 0 Å². The summed E-state index contributed by atoms with van der Waals surface area (Å²) in [7, 11) is 1.63. The predicted octanol–water partition coefficient (Wildman–Crippen LogP) is -0.393. The summed E-state index contributed by atoms with van der Waals surface area (Å²) < 4.78 is 1.70. The fraction of sp³-hybridized carbons (Fsp3) is 0.200. The van der Waals surface area contributed by atoms with E-state index in [-0.39, 0.29) is 16.3 Å². The molecule has 5 N–H and O–H groups in total. The first-order valence-corrected chi connectivity index (χ1v) is 3.29. The Balaban J connectivity index is 3.73. The maximum absolute atomic E-state index is 10.9. The third kappa shape index (κ3) is 1.12. The summed E-state index contributed by atoms with van der Waals surface area (Å²) in [5.74, 6) is 0.193. The molecule has 0 unspecified atom stereocenters. The summed E-state index contributed by atoms with van der Waals surface area (Å²) in [5, 5.41) is 0. The standard InChI is InChI=1S/C5H8N4OS/c1-9-3(7)2(6)4(10)8-5(9)11/h6-7H2,1H3,(H,8,10,11). The van der Waals surface area contributed by atoms with Crippen LogP contribution in [-0.4, -0.2) is 9.55 Å². The number of nitrogens with one attached hydrogen (secondary N) is 1. The Morgan fingerprint density at radius 3 is 2.64 bits per heavy atom. The second-order valence-corrected chi connectivity index (χ2v) is 2.50. The van der Waals surface area contributed by atoms with Gasteiger partial charge in [-0.3, -0.25) is 9.78 Å². The topological polar surface area (TPSA) is 89.8 Å². The van der Waals surface area contributed by atoms with Gasteiger partial charge < -0.3 is 16.0 Å². The number of anilines is 2. The molecule has 0 aliphatic carbocycles. The van der Waals surface area contributed by atoms with Gasteiger partial charge in [-0.25, -0.2) is 0 Å². The molecule has 0 amide bonds. The number of nitrogens with two attached hydrogens (primary N) is 2. The Morgan fingerprint density at radius 1 is 1.55 bits per heavy atom. The second-order valence-electron chi connectivity index (χ2n) is 2.12. The van der Waals surface area contributed by atoms with Crippen LogP contribution >= 0.6 is 12.2 Å². The predicted molar refractivity (Wildman–Crippen MR) is 45.7 cm³/mol. The number of hydrogen-bond acceptors (Lipinski definition) is 4. The van der Waals surface area contributed by atoms with Gasteiger partial charge in [0.25, 0.3) is 5.56 Å². The molecule has 0 aromatic carbocycles. The van der Waals surface area contributed by atoms with Gasteiger partial charge in [-0.1, -0.05) is 0 Å². The van der Waals surface area contributed by atoms with Crippen molar-refractivity contribution in [2.75, 3.05) is 11.5 Å². The minimum Gasteiger partial charge on any atom is -0.391 e. The molecule has 1 heterocycles. The minimum atomic E-state index is -0.439. The third-order valence-electron chi connectivity index (χ3n) is 1.41. The van der Waals surface area contributed by atoms with Gasteiger partial charge in [-0.2, -0.15) is 0 Å². The van der Waals surface area contributed by atoms with E-state index in [1.165, 1.54) is 4.57 Å². The van der Waals surface area contributed by atoms with Gasteiger partial charge in [0.2, 0.25) is 0 Å². The molecule has 1 aromatic rings. The second kappa shape index (κ2) is 2.39. The number of H-pyrrole nitrogens is 1. The number of hydrogen-bond donors (Lipinski definition) is 3. The number of nitrogen functional groups attached to an aromatic ring is 2. The maximum Gasteiger partial charge on any atom is 0.277 e. The molecular formula is C5H8N4OS. The number of rotatable bonds is 0. The summed E-state index contributed by atoms with van der Waals surface area (Å²) in [6.45, 7) is 0. The van der Waals surface area contributed by atoms with Crippen LogP contribution in [-0.2, 0) is 7.05 Å². The Bertz CT molecular complexity index is 356. The van der Waals surface area contributed by atoms with Crippen LogP contribution in [0.4, 0.5) is 11.5 Å². The molecule has 60 valence electrons. The van der Waals surface area contributed by atoms with Crippen LogP contribution in [0.2, 0.25) is 0 Å². The fourth-order valence-electron chi connectivity index (χ4n) is 0.655. The van der Waals surface area contributed by atoms with E-state index in [9.17, 15) is 4.79 Å². The van der Waals surface area contributed by atoms with Crippen molar-refractivity contribution in [3.05, 3.63) is 15.1 Å². The molecule has 1 rings (SSSR count). The van der Waals surface area contributed by atoms with Crippen LogP contribution in [0.3, 0.4) is 0 Å². The molecule has 0 aliphatic rings. The highest BCUT2D eigenvalue weighted by Gasteiger charge is 2.02. The summed E-state index contributed by atoms with van der Waals surface area (Å²) in [6, 6.07) is 0. The molecule has 0 fully saturated rings. The van der Waals surface area contributed by atoms with E-state index >= 15 is 0 Å². The average Bonchev–Trinajstić information content (AvgIpc) is 1.97. The van der Waals surface area contributed by atoms with Gasteiger partial charge in [-0.15, -0.1) is 0 Å². The lowest BCUT2D eigenvalue weighted by Gasteiger charge is -2.04. The van der Waals surface area contributed by atoms with Gasteiger partial charge in [0.1, 0.15) is 11.5 Å². The highest BCUT2D eigenvalue weighted by atomic mass is 32.1. The van der Waals surface area contributed by atoms with Crippen LogP contribution in [0.25, 0.3) is 0 Å². The highest BCUT2D eigenvalue weighted by molar-refractivity contribution is 7.71. The Morgan fingerprint density at radius 2 is 2.09 bits per heavy atom. The molecule has 0 saturated heterocycles. The summed E-state index contributed by atoms with van der Waals surface area (Å²) in [5.41, 5.74) is 10.3. The SMILES string of the molecule is Cn1c(N)c(N)c(=O)[nH]c1=S. The first-order chi connectivity index (χ1) is 5.04. The maximum atomic E-state index is 10.9. The van der Waals surface area contributed by atoms with Gasteiger partial charge in [-0.05, 0) is 12.2 Å². The molecule has 5 nitrogen and oxygen atoms in total. The van der Waals surface area contributed by atoms with E-state index in [2.05, 4.69) is 4.98 Å². The Hall–Kier alpha value is -1.30. The average molecular weight is 172 g/mol. The first-order valence-electron chi connectivity index (χ1n) is 2.88. The monoisotopic (exact) mass is 172 g/mol. The Labute approximate surface area is 67.6 Å². The molecule has 0 bridgehead atoms. The lowest BCUT2D eigenvalue weighted by molar-refractivity contribution is 0.850.